The zero-order chi connectivity index (χ0) is 18.9. The molecule has 2 N–H and O–H groups in total. The summed E-state index contributed by atoms with van der Waals surface area (Å²) in [6.07, 6.45) is 0. The van der Waals surface area contributed by atoms with Crippen molar-refractivity contribution in [1.82, 2.24) is 0 Å². The van der Waals surface area contributed by atoms with Gasteiger partial charge >= 0.3 is 5.97 Å². The van der Waals surface area contributed by atoms with Crippen molar-refractivity contribution in [3.63, 3.8) is 0 Å². The molecule has 2 aromatic rings. The van der Waals surface area contributed by atoms with E-state index in [-0.39, 0.29) is 18.0 Å². The topological polar surface area (TPSA) is 86.5 Å². The molecule has 6 heteroatoms. The molecule has 0 spiro atoms. The van der Waals surface area contributed by atoms with Crippen LogP contribution in [0.3, 0.4) is 0 Å². The molecule has 0 aromatic heterocycles. The smallest absolute Gasteiger partial charge is 0.315 e. The first-order valence-corrected chi connectivity index (χ1v) is 10.2. The molecule has 3 unspecified atom stereocenters. The summed E-state index contributed by atoms with van der Waals surface area (Å²) in [6, 6.07) is 15.7. The summed E-state index contributed by atoms with van der Waals surface area (Å²) in [5.74, 6) is -1.06. The molecule has 0 bridgehead atoms. The molecule has 1 aliphatic rings. The minimum absolute atomic E-state index is 0.0822. The second kappa shape index (κ2) is 6.85. The van der Waals surface area contributed by atoms with Gasteiger partial charge in [0, 0.05) is 12.5 Å². The van der Waals surface area contributed by atoms with Crippen molar-refractivity contribution in [2.45, 2.75) is 29.9 Å². The van der Waals surface area contributed by atoms with Crippen molar-refractivity contribution in [1.29, 1.82) is 0 Å². The lowest BCUT2D eigenvalue weighted by Crippen LogP contribution is -2.33. The molecule has 3 rings (SSSR count). The predicted octanol–water partition coefficient (Wildman–Crippen LogP) is 2.44. The van der Waals surface area contributed by atoms with Gasteiger partial charge in [-0.15, -0.1) is 0 Å². The number of carbonyl (C=O) groups is 1. The van der Waals surface area contributed by atoms with E-state index < -0.39 is 32.4 Å². The fraction of sp³-hybridized carbons (Fsp3) is 0.350. The van der Waals surface area contributed by atoms with Crippen LogP contribution in [-0.4, -0.2) is 32.8 Å². The van der Waals surface area contributed by atoms with Gasteiger partial charge in [0.15, 0.2) is 9.84 Å². The van der Waals surface area contributed by atoms with Crippen LogP contribution >= 0.6 is 0 Å². The molecule has 1 fully saturated rings. The summed E-state index contributed by atoms with van der Waals surface area (Å²) in [6.45, 7) is 3.75. The monoisotopic (exact) mass is 373 g/mol. The van der Waals surface area contributed by atoms with Crippen molar-refractivity contribution < 1.29 is 17.9 Å². The summed E-state index contributed by atoms with van der Waals surface area (Å²) < 4.78 is 31.7. The van der Waals surface area contributed by atoms with E-state index in [1.54, 1.807) is 37.3 Å². The summed E-state index contributed by atoms with van der Waals surface area (Å²) in [5.41, 5.74) is 6.56. The van der Waals surface area contributed by atoms with E-state index in [1.165, 1.54) is 0 Å². The molecule has 138 valence electrons. The van der Waals surface area contributed by atoms with Gasteiger partial charge < -0.3 is 10.5 Å². The van der Waals surface area contributed by atoms with Crippen LogP contribution in [0.4, 0.5) is 0 Å². The summed E-state index contributed by atoms with van der Waals surface area (Å²) in [5, 5.41) is -0.927. The van der Waals surface area contributed by atoms with Gasteiger partial charge in [-0.1, -0.05) is 48.0 Å². The lowest BCUT2D eigenvalue weighted by atomic mass is 9.98. The highest BCUT2D eigenvalue weighted by atomic mass is 32.2. The van der Waals surface area contributed by atoms with Crippen LogP contribution in [0.15, 0.2) is 59.5 Å². The third-order valence-corrected chi connectivity index (χ3v) is 7.38. The predicted molar refractivity (Wildman–Crippen MR) is 99.5 cm³/mol. The molecule has 1 saturated carbocycles. The molecule has 3 atom stereocenters. The maximum absolute atomic E-state index is 13.3. The van der Waals surface area contributed by atoms with Crippen molar-refractivity contribution in [2.24, 2.45) is 11.1 Å². The first-order chi connectivity index (χ1) is 12.4. The number of nitrogens with two attached hydrogens (primary N) is 1. The van der Waals surface area contributed by atoms with E-state index in [2.05, 4.69) is 0 Å². The molecule has 0 amide bonds. The molecule has 5 nitrogen and oxygen atoms in total. The zero-order valence-electron chi connectivity index (χ0n) is 14.9. The Bertz CT molecular complexity index is 893. The Kier molecular flexibility index (Phi) is 4.90. The number of rotatable bonds is 6. The molecule has 0 saturated heterocycles. The molecule has 1 aliphatic carbocycles. The zero-order valence-corrected chi connectivity index (χ0v) is 15.7. The second-order valence-corrected chi connectivity index (χ2v) is 8.70. The van der Waals surface area contributed by atoms with Crippen LogP contribution in [0.2, 0.25) is 0 Å². The fourth-order valence-electron chi connectivity index (χ4n) is 3.70. The van der Waals surface area contributed by atoms with Gasteiger partial charge in [0.1, 0.15) is 5.41 Å². The largest absolute Gasteiger partial charge is 0.465 e. The Hall–Kier alpha value is -2.18. The first-order valence-electron chi connectivity index (χ1n) is 8.62. The van der Waals surface area contributed by atoms with Gasteiger partial charge in [0.25, 0.3) is 0 Å². The number of hydrogen-bond acceptors (Lipinski definition) is 5. The Morgan fingerprint density at radius 2 is 1.73 bits per heavy atom. The lowest BCUT2D eigenvalue weighted by Gasteiger charge is -2.14. The van der Waals surface area contributed by atoms with E-state index in [4.69, 9.17) is 10.5 Å². The normalized spacial score (nSPS) is 24.9. The van der Waals surface area contributed by atoms with Crippen LogP contribution in [0, 0.1) is 12.3 Å². The highest BCUT2D eigenvalue weighted by Crippen LogP contribution is 2.64. The number of sulfone groups is 1. The average Bonchev–Trinajstić information content (AvgIpc) is 3.35. The molecule has 2 aromatic carbocycles. The standard InChI is InChI=1S/C20H23NO4S/c1-3-25-19(22)20(13-21)17(15-11-9-14(2)10-12-15)18(20)26(23,24)16-7-5-4-6-8-16/h4-12,17-18H,3,13,21H2,1-2H3. The Morgan fingerprint density at radius 1 is 1.12 bits per heavy atom. The molecule has 26 heavy (non-hydrogen) atoms. The van der Waals surface area contributed by atoms with Gasteiger partial charge in [-0.25, -0.2) is 8.42 Å². The van der Waals surface area contributed by atoms with E-state index in [0.29, 0.717) is 0 Å². The fourth-order valence-corrected chi connectivity index (χ4v) is 6.10. The highest BCUT2D eigenvalue weighted by molar-refractivity contribution is 7.92. The van der Waals surface area contributed by atoms with Gasteiger partial charge in [0.2, 0.25) is 0 Å². The van der Waals surface area contributed by atoms with Crippen LogP contribution < -0.4 is 5.73 Å². The van der Waals surface area contributed by atoms with Crippen LogP contribution in [-0.2, 0) is 19.4 Å². The second-order valence-electron chi connectivity index (χ2n) is 6.63. The number of esters is 1. The molecule has 0 heterocycles. The quantitative estimate of drug-likeness (QED) is 0.786. The molecular formula is C20H23NO4S. The summed E-state index contributed by atoms with van der Waals surface area (Å²) in [7, 11) is -3.74. The van der Waals surface area contributed by atoms with Crippen molar-refractivity contribution in [3.8, 4) is 0 Å². The number of benzene rings is 2. The maximum Gasteiger partial charge on any atom is 0.315 e. The minimum atomic E-state index is -3.74. The van der Waals surface area contributed by atoms with Crippen molar-refractivity contribution in [3.05, 3.63) is 65.7 Å². The van der Waals surface area contributed by atoms with Gasteiger partial charge in [0.05, 0.1) is 16.8 Å². The van der Waals surface area contributed by atoms with Gasteiger partial charge in [-0.3, -0.25) is 4.79 Å². The lowest BCUT2D eigenvalue weighted by molar-refractivity contribution is -0.149. The first kappa shape index (κ1) is 18.6. The SMILES string of the molecule is CCOC(=O)C1(CN)C(c2ccc(C)cc2)C1S(=O)(=O)c1ccccc1. The molecular weight excluding hydrogens is 350 g/mol. The highest BCUT2D eigenvalue weighted by Gasteiger charge is 2.75. The third-order valence-electron chi connectivity index (χ3n) is 5.09. The van der Waals surface area contributed by atoms with Crippen molar-refractivity contribution in [2.75, 3.05) is 13.2 Å². The van der Waals surface area contributed by atoms with E-state index in [9.17, 15) is 13.2 Å². The number of ether oxygens (including phenoxy) is 1. The van der Waals surface area contributed by atoms with Crippen LogP contribution in [0.5, 0.6) is 0 Å². The van der Waals surface area contributed by atoms with E-state index in [1.807, 2.05) is 31.2 Å². The number of aryl methyl sites for hydroxylation is 1. The summed E-state index contributed by atoms with van der Waals surface area (Å²) >= 11 is 0. The third kappa shape index (κ3) is 2.83. The summed E-state index contributed by atoms with van der Waals surface area (Å²) in [4.78, 5) is 12.9. The van der Waals surface area contributed by atoms with E-state index in [0.717, 1.165) is 11.1 Å². The number of carbonyl (C=O) groups excluding carboxylic acids is 1. The molecule has 0 aliphatic heterocycles. The Labute approximate surface area is 154 Å². The Balaban J connectivity index is 2.11. The molecule has 0 radical (unpaired) electrons. The van der Waals surface area contributed by atoms with Gasteiger partial charge in [-0.2, -0.15) is 0 Å². The van der Waals surface area contributed by atoms with E-state index >= 15 is 0 Å². The van der Waals surface area contributed by atoms with Crippen LogP contribution in [0.25, 0.3) is 0 Å². The Morgan fingerprint density at radius 3 is 2.27 bits per heavy atom. The maximum atomic E-state index is 13.3. The van der Waals surface area contributed by atoms with Crippen LogP contribution in [0.1, 0.15) is 24.0 Å². The van der Waals surface area contributed by atoms with Crippen molar-refractivity contribution >= 4 is 15.8 Å². The average molecular weight is 373 g/mol. The minimum Gasteiger partial charge on any atom is -0.465 e. The van der Waals surface area contributed by atoms with Gasteiger partial charge in [-0.05, 0) is 31.5 Å². The number of hydrogen-bond donors (Lipinski definition) is 1.